The topological polar surface area (TPSA) is 118 Å². The number of nitrogens with zero attached hydrogens (tertiary/aromatic N) is 3. The lowest BCUT2D eigenvalue weighted by Gasteiger charge is -2.24. The monoisotopic (exact) mass is 654 g/mol. The highest BCUT2D eigenvalue weighted by molar-refractivity contribution is 7.86. The van der Waals surface area contributed by atoms with Gasteiger partial charge in [-0.3, -0.25) is 14.1 Å². The number of likely N-dealkylation sites (N-methyl/N-ethyl adjacent to an activating group) is 1. The number of fused-ring (bicyclic) bond motifs is 1. The molecule has 14 heteroatoms. The van der Waals surface area contributed by atoms with Gasteiger partial charge in [0.2, 0.25) is 0 Å². The van der Waals surface area contributed by atoms with Crippen molar-refractivity contribution in [3.8, 4) is 16.8 Å². The van der Waals surface area contributed by atoms with Crippen molar-refractivity contribution in [2.75, 3.05) is 24.9 Å². The Bertz CT molecular complexity index is 1990. The van der Waals surface area contributed by atoms with E-state index in [4.69, 9.17) is 14.4 Å². The van der Waals surface area contributed by atoms with E-state index in [-0.39, 0.29) is 11.4 Å². The number of carbonyl (C=O) groups is 1. The maximum Gasteiger partial charge on any atom is 0.490 e. The molecule has 0 amide bonds. The molecule has 2 aromatic heterocycles. The van der Waals surface area contributed by atoms with Crippen LogP contribution in [0.3, 0.4) is 0 Å². The zero-order valence-corrected chi connectivity index (χ0v) is 24.9. The first-order chi connectivity index (χ1) is 21.9. The van der Waals surface area contributed by atoms with Crippen LogP contribution in [-0.4, -0.2) is 56.2 Å². The number of benzene rings is 3. The fourth-order valence-electron chi connectivity index (χ4n) is 4.83. The third kappa shape index (κ3) is 7.41. The zero-order chi connectivity index (χ0) is 33.0. The van der Waals surface area contributed by atoms with E-state index in [2.05, 4.69) is 34.0 Å². The number of alkyl halides is 3. The van der Waals surface area contributed by atoms with E-state index < -0.39 is 23.1 Å². The summed E-state index contributed by atoms with van der Waals surface area (Å²) >= 11 is 0. The second-order valence-electron chi connectivity index (χ2n) is 10.3. The molecule has 0 radical (unpaired) electrons. The summed E-state index contributed by atoms with van der Waals surface area (Å²) in [6, 6.07) is 22.6. The Morgan fingerprint density at radius 2 is 1.72 bits per heavy atom. The third-order valence-electron chi connectivity index (χ3n) is 7.13. The van der Waals surface area contributed by atoms with Crippen molar-refractivity contribution in [3.05, 3.63) is 113 Å². The molecule has 0 aliphatic carbocycles. The standard InChI is InChI=1S/C30H25FN4O3S.C2HF3O2/c1-34-15-12-21(13-16-34)26-19-22(20-2-6-24(31)7-3-20)4-9-28(26)35-27-10-8-25(18-23(27)5-11-30(35)36)39(37)33-29-14-17-38-32-29;3-2(4,5)1(6)7/h2-12,14,17-19H,13,15-16H2,1H3,(H,32,33);(H,6,7). The van der Waals surface area contributed by atoms with Gasteiger partial charge in [0.05, 0.1) is 16.1 Å². The Morgan fingerprint density at radius 3 is 2.35 bits per heavy atom. The van der Waals surface area contributed by atoms with Crippen LogP contribution in [0.15, 0.2) is 105 Å². The van der Waals surface area contributed by atoms with Gasteiger partial charge < -0.3 is 14.5 Å². The van der Waals surface area contributed by atoms with Crippen molar-refractivity contribution in [2.24, 2.45) is 0 Å². The van der Waals surface area contributed by atoms with Gasteiger partial charge in [0.1, 0.15) is 12.1 Å². The number of halogens is 4. The maximum absolute atomic E-state index is 13.6. The molecule has 1 aliphatic heterocycles. The number of hydrogen-bond acceptors (Lipinski definition) is 6. The SMILES string of the molecule is CN1CC=C(c2cc(-c3ccc(F)cc3)ccc2-n2c(=O)ccc3cc(S(=O)Nc4ccon4)ccc32)CC1.O=C(O)C(F)(F)F. The van der Waals surface area contributed by atoms with Gasteiger partial charge in [-0.1, -0.05) is 29.4 Å². The third-order valence-corrected chi connectivity index (χ3v) is 8.21. The molecule has 9 nitrogen and oxygen atoms in total. The second kappa shape index (κ2) is 13.5. The van der Waals surface area contributed by atoms with E-state index in [0.29, 0.717) is 16.2 Å². The summed E-state index contributed by atoms with van der Waals surface area (Å²) in [5, 5.41) is 11.6. The molecule has 3 heterocycles. The van der Waals surface area contributed by atoms with Crippen molar-refractivity contribution in [2.45, 2.75) is 17.5 Å². The van der Waals surface area contributed by atoms with Gasteiger partial charge >= 0.3 is 12.1 Å². The maximum atomic E-state index is 13.6. The molecule has 6 rings (SSSR count). The van der Waals surface area contributed by atoms with Crippen molar-refractivity contribution in [1.82, 2.24) is 14.6 Å². The smallest absolute Gasteiger partial charge is 0.475 e. The average Bonchev–Trinajstić information content (AvgIpc) is 3.54. The summed E-state index contributed by atoms with van der Waals surface area (Å²) in [6.45, 7) is 1.72. The van der Waals surface area contributed by atoms with E-state index >= 15 is 0 Å². The molecular weight excluding hydrogens is 628 g/mol. The molecule has 1 aliphatic rings. The predicted octanol–water partition coefficient (Wildman–Crippen LogP) is 6.27. The number of aliphatic carboxylic acids is 1. The van der Waals surface area contributed by atoms with E-state index in [0.717, 1.165) is 52.8 Å². The van der Waals surface area contributed by atoms with Crippen LogP contribution >= 0.6 is 0 Å². The molecule has 0 saturated heterocycles. The number of anilines is 1. The van der Waals surface area contributed by atoms with Crippen LogP contribution < -0.4 is 10.3 Å². The van der Waals surface area contributed by atoms with E-state index in [1.54, 1.807) is 41.0 Å². The minimum atomic E-state index is -5.08. The lowest BCUT2D eigenvalue weighted by atomic mass is 9.93. The van der Waals surface area contributed by atoms with Gasteiger partial charge in [-0.25, -0.2) is 13.4 Å². The van der Waals surface area contributed by atoms with Gasteiger partial charge in [0, 0.05) is 36.2 Å². The van der Waals surface area contributed by atoms with Gasteiger partial charge in [0.15, 0.2) is 16.8 Å². The number of carboxylic acids is 1. The van der Waals surface area contributed by atoms with Crippen LogP contribution in [-0.2, 0) is 15.8 Å². The summed E-state index contributed by atoms with van der Waals surface area (Å²) < 4.78 is 67.5. The highest BCUT2D eigenvalue weighted by Gasteiger charge is 2.38. The van der Waals surface area contributed by atoms with Gasteiger partial charge in [-0.2, -0.15) is 13.2 Å². The summed E-state index contributed by atoms with van der Waals surface area (Å²) in [4.78, 5) is 25.0. The van der Waals surface area contributed by atoms with Crippen LogP contribution in [0, 0.1) is 5.82 Å². The minimum absolute atomic E-state index is 0.165. The highest BCUT2D eigenvalue weighted by Crippen LogP contribution is 2.33. The largest absolute Gasteiger partial charge is 0.490 e. The molecule has 0 saturated carbocycles. The first-order valence-electron chi connectivity index (χ1n) is 13.7. The van der Waals surface area contributed by atoms with E-state index in [1.807, 2.05) is 18.2 Å². The van der Waals surface area contributed by atoms with Crippen LogP contribution in [0.2, 0.25) is 0 Å². The lowest BCUT2D eigenvalue weighted by Crippen LogP contribution is -2.24. The molecule has 1 atom stereocenters. The molecule has 5 aromatic rings. The number of pyridine rings is 1. The molecule has 0 fully saturated rings. The average molecular weight is 655 g/mol. The molecule has 46 heavy (non-hydrogen) atoms. The Kier molecular flexibility index (Phi) is 9.49. The van der Waals surface area contributed by atoms with E-state index in [9.17, 15) is 26.6 Å². The highest BCUT2D eigenvalue weighted by atomic mass is 32.2. The fourth-order valence-corrected chi connectivity index (χ4v) is 5.67. The summed E-state index contributed by atoms with van der Waals surface area (Å²) in [5.41, 5.74) is 5.26. The van der Waals surface area contributed by atoms with Gasteiger partial charge in [0.25, 0.3) is 5.56 Å². The summed E-state index contributed by atoms with van der Waals surface area (Å²) in [5.74, 6) is -2.67. The van der Waals surface area contributed by atoms with Crippen LogP contribution in [0.4, 0.5) is 23.4 Å². The molecule has 2 N–H and O–H groups in total. The van der Waals surface area contributed by atoms with E-state index in [1.165, 1.54) is 24.5 Å². The molecule has 238 valence electrons. The zero-order valence-electron chi connectivity index (χ0n) is 24.1. The Balaban J connectivity index is 0.000000537. The Hall–Kier alpha value is -5.08. The van der Waals surface area contributed by atoms with Crippen molar-refractivity contribution in [3.63, 3.8) is 0 Å². The number of hydrogen-bond donors (Lipinski definition) is 2. The first-order valence-corrected chi connectivity index (χ1v) is 14.9. The quantitative estimate of drug-likeness (QED) is 0.207. The predicted molar refractivity (Wildman–Crippen MR) is 165 cm³/mol. The molecule has 3 aromatic carbocycles. The number of rotatable bonds is 6. The number of nitrogens with one attached hydrogen (secondary N) is 1. The fraction of sp³-hybridized carbons (Fsp3) is 0.156. The molecular formula is C32H26F4N4O5S. The molecule has 0 bridgehead atoms. The van der Waals surface area contributed by atoms with Crippen LogP contribution in [0.25, 0.3) is 33.3 Å². The van der Waals surface area contributed by atoms with Crippen molar-refractivity contribution < 1.29 is 36.2 Å². The Morgan fingerprint density at radius 1 is 1.00 bits per heavy atom. The van der Waals surface area contributed by atoms with Crippen LogP contribution in [0.1, 0.15) is 12.0 Å². The Labute approximate surface area is 262 Å². The minimum Gasteiger partial charge on any atom is -0.475 e. The molecule has 0 spiro atoms. The second-order valence-corrected chi connectivity index (χ2v) is 11.5. The van der Waals surface area contributed by atoms with Gasteiger partial charge in [-0.15, -0.1) is 0 Å². The number of aromatic nitrogens is 2. The first kappa shape index (κ1) is 32.3. The van der Waals surface area contributed by atoms with Crippen molar-refractivity contribution in [1.29, 1.82) is 0 Å². The van der Waals surface area contributed by atoms with Gasteiger partial charge in [-0.05, 0) is 78.7 Å². The van der Waals surface area contributed by atoms with Crippen LogP contribution in [0.5, 0.6) is 0 Å². The normalized spacial score (nSPS) is 14.2. The van der Waals surface area contributed by atoms with Crippen molar-refractivity contribution >= 4 is 39.2 Å². The summed E-state index contributed by atoms with van der Waals surface area (Å²) in [7, 11) is 0.517. The molecule has 1 unspecified atom stereocenters. The number of carboxylic acid groups (broad SMARTS) is 1. The lowest BCUT2D eigenvalue weighted by molar-refractivity contribution is -0.192. The summed E-state index contributed by atoms with van der Waals surface area (Å²) in [6.07, 6.45) is -0.645.